The second-order valence-electron chi connectivity index (χ2n) is 4.78. The van der Waals surface area contributed by atoms with Crippen LogP contribution in [0.15, 0.2) is 24.5 Å². The SMILES string of the molecule is CCC.C[n+]1ccc(OC2CCCCC2)cc1. The third-order valence-corrected chi connectivity index (χ3v) is 2.80. The predicted octanol–water partition coefficient (Wildman–Crippen LogP) is 3.64. The lowest BCUT2D eigenvalue weighted by molar-refractivity contribution is -0.671. The molecule has 1 aliphatic rings. The molecule has 0 saturated heterocycles. The summed E-state index contributed by atoms with van der Waals surface area (Å²) in [6.45, 7) is 4.25. The summed E-state index contributed by atoms with van der Waals surface area (Å²) in [6.07, 6.45) is 12.2. The first-order valence-electron chi connectivity index (χ1n) is 6.88. The molecule has 2 nitrogen and oxygen atoms in total. The summed E-state index contributed by atoms with van der Waals surface area (Å²) in [4.78, 5) is 0. The van der Waals surface area contributed by atoms with E-state index in [4.69, 9.17) is 4.74 Å². The molecule has 96 valence electrons. The number of rotatable bonds is 2. The summed E-state index contributed by atoms with van der Waals surface area (Å²) in [5.41, 5.74) is 0. The van der Waals surface area contributed by atoms with E-state index in [2.05, 4.69) is 13.8 Å². The molecule has 0 bridgehead atoms. The molecule has 1 aromatic rings. The van der Waals surface area contributed by atoms with Gasteiger partial charge in [-0.3, -0.25) is 0 Å². The van der Waals surface area contributed by atoms with Gasteiger partial charge in [0, 0.05) is 12.1 Å². The topological polar surface area (TPSA) is 13.1 Å². The summed E-state index contributed by atoms with van der Waals surface area (Å²) in [5, 5.41) is 0. The molecule has 1 saturated carbocycles. The highest BCUT2D eigenvalue weighted by Crippen LogP contribution is 2.22. The third kappa shape index (κ3) is 5.71. The van der Waals surface area contributed by atoms with Crippen molar-refractivity contribution in [2.75, 3.05) is 0 Å². The molecule has 0 radical (unpaired) electrons. The van der Waals surface area contributed by atoms with Crippen LogP contribution in [-0.2, 0) is 7.05 Å². The van der Waals surface area contributed by atoms with Crippen LogP contribution in [0.2, 0.25) is 0 Å². The van der Waals surface area contributed by atoms with E-state index >= 15 is 0 Å². The zero-order valence-electron chi connectivity index (χ0n) is 11.5. The molecule has 1 aliphatic carbocycles. The summed E-state index contributed by atoms with van der Waals surface area (Å²) >= 11 is 0. The zero-order valence-corrected chi connectivity index (χ0v) is 11.5. The van der Waals surface area contributed by atoms with E-state index in [1.54, 1.807) is 0 Å². The second kappa shape index (κ2) is 8.10. The van der Waals surface area contributed by atoms with Gasteiger partial charge in [-0.15, -0.1) is 0 Å². The first-order valence-corrected chi connectivity index (χ1v) is 6.88. The van der Waals surface area contributed by atoms with Crippen LogP contribution in [0.3, 0.4) is 0 Å². The minimum absolute atomic E-state index is 0.455. The Labute approximate surface area is 106 Å². The van der Waals surface area contributed by atoms with Crippen molar-refractivity contribution in [3.05, 3.63) is 24.5 Å². The molecule has 0 amide bonds. The Morgan fingerprint density at radius 2 is 1.65 bits per heavy atom. The second-order valence-corrected chi connectivity index (χ2v) is 4.78. The van der Waals surface area contributed by atoms with Crippen LogP contribution in [0, 0.1) is 0 Å². The van der Waals surface area contributed by atoms with Gasteiger partial charge in [-0.1, -0.05) is 26.7 Å². The quantitative estimate of drug-likeness (QED) is 0.715. The Kier molecular flexibility index (Phi) is 6.68. The average molecular weight is 236 g/mol. The van der Waals surface area contributed by atoms with Gasteiger partial charge in [0.2, 0.25) is 0 Å². The lowest BCUT2D eigenvalue weighted by Gasteiger charge is -2.22. The number of aromatic nitrogens is 1. The molecule has 1 aromatic heterocycles. The van der Waals surface area contributed by atoms with Crippen molar-refractivity contribution >= 4 is 0 Å². The van der Waals surface area contributed by atoms with Crippen molar-refractivity contribution in [2.45, 2.75) is 58.5 Å². The van der Waals surface area contributed by atoms with E-state index in [9.17, 15) is 0 Å². The van der Waals surface area contributed by atoms with Gasteiger partial charge < -0.3 is 4.74 Å². The van der Waals surface area contributed by atoms with Gasteiger partial charge >= 0.3 is 0 Å². The van der Waals surface area contributed by atoms with Crippen molar-refractivity contribution in [1.82, 2.24) is 0 Å². The number of aryl methyl sites for hydroxylation is 1. The van der Waals surface area contributed by atoms with Crippen LogP contribution < -0.4 is 9.30 Å². The summed E-state index contributed by atoms with van der Waals surface area (Å²) in [7, 11) is 2.02. The normalized spacial score (nSPS) is 15.9. The fourth-order valence-corrected chi connectivity index (χ4v) is 1.94. The average Bonchev–Trinajstić information content (AvgIpc) is 2.35. The zero-order chi connectivity index (χ0) is 12.5. The first kappa shape index (κ1) is 14.0. The predicted molar refractivity (Wildman–Crippen MR) is 71.1 cm³/mol. The van der Waals surface area contributed by atoms with Crippen molar-refractivity contribution in [3.8, 4) is 5.75 Å². The van der Waals surface area contributed by atoms with E-state index in [-0.39, 0.29) is 0 Å². The van der Waals surface area contributed by atoms with Gasteiger partial charge in [0.05, 0.1) is 6.10 Å². The third-order valence-electron chi connectivity index (χ3n) is 2.80. The van der Waals surface area contributed by atoms with Crippen molar-refractivity contribution in [1.29, 1.82) is 0 Å². The number of pyridine rings is 1. The monoisotopic (exact) mass is 236 g/mol. The molecule has 0 spiro atoms. The van der Waals surface area contributed by atoms with Crippen molar-refractivity contribution in [2.24, 2.45) is 7.05 Å². The van der Waals surface area contributed by atoms with Gasteiger partial charge in [0.15, 0.2) is 12.4 Å². The highest BCUT2D eigenvalue weighted by atomic mass is 16.5. The molecule has 0 atom stereocenters. The highest BCUT2D eigenvalue weighted by molar-refractivity contribution is 5.15. The lowest BCUT2D eigenvalue weighted by Crippen LogP contribution is -2.26. The molecule has 0 N–H and O–H groups in total. The Hall–Kier alpha value is -1.05. The van der Waals surface area contributed by atoms with E-state index in [1.165, 1.54) is 38.5 Å². The molecule has 1 fully saturated rings. The van der Waals surface area contributed by atoms with Gasteiger partial charge in [-0.2, -0.15) is 0 Å². The molecular formula is C15H26NO+. The van der Waals surface area contributed by atoms with Gasteiger partial charge in [0.1, 0.15) is 12.8 Å². The Morgan fingerprint density at radius 3 is 2.18 bits per heavy atom. The van der Waals surface area contributed by atoms with E-state index in [0.29, 0.717) is 6.10 Å². The molecular weight excluding hydrogens is 210 g/mol. The van der Waals surface area contributed by atoms with E-state index in [0.717, 1.165) is 5.75 Å². The summed E-state index contributed by atoms with van der Waals surface area (Å²) in [5.74, 6) is 1.01. The van der Waals surface area contributed by atoms with Crippen molar-refractivity contribution < 1.29 is 9.30 Å². The van der Waals surface area contributed by atoms with Crippen LogP contribution in [0.1, 0.15) is 52.4 Å². The molecule has 17 heavy (non-hydrogen) atoms. The Balaban J connectivity index is 0.000000437. The molecule has 0 aliphatic heterocycles. The summed E-state index contributed by atoms with van der Waals surface area (Å²) in [6, 6.07) is 4.07. The lowest BCUT2D eigenvalue weighted by atomic mass is 9.98. The molecule has 2 rings (SSSR count). The molecule has 0 unspecified atom stereocenters. The van der Waals surface area contributed by atoms with Gasteiger partial charge in [-0.05, 0) is 25.7 Å². The highest BCUT2D eigenvalue weighted by Gasteiger charge is 2.14. The van der Waals surface area contributed by atoms with Crippen LogP contribution in [-0.4, -0.2) is 6.10 Å². The maximum atomic E-state index is 5.90. The fraction of sp³-hybridized carbons (Fsp3) is 0.667. The maximum Gasteiger partial charge on any atom is 0.172 e. The molecule has 2 heteroatoms. The van der Waals surface area contributed by atoms with E-state index in [1.807, 2.05) is 36.1 Å². The van der Waals surface area contributed by atoms with Crippen LogP contribution in [0.4, 0.5) is 0 Å². The first-order chi connectivity index (χ1) is 8.26. The Morgan fingerprint density at radius 1 is 1.12 bits per heavy atom. The maximum absolute atomic E-state index is 5.90. The van der Waals surface area contributed by atoms with Crippen LogP contribution in [0.5, 0.6) is 5.75 Å². The van der Waals surface area contributed by atoms with Gasteiger partial charge in [0.25, 0.3) is 0 Å². The number of nitrogens with zero attached hydrogens (tertiary/aromatic N) is 1. The van der Waals surface area contributed by atoms with Crippen LogP contribution >= 0.6 is 0 Å². The van der Waals surface area contributed by atoms with Gasteiger partial charge in [-0.25, -0.2) is 4.57 Å². The minimum atomic E-state index is 0.455. The fourth-order valence-electron chi connectivity index (χ4n) is 1.94. The molecule has 0 aromatic carbocycles. The molecule has 1 heterocycles. The largest absolute Gasteiger partial charge is 0.490 e. The number of hydrogen-bond donors (Lipinski definition) is 0. The smallest absolute Gasteiger partial charge is 0.172 e. The minimum Gasteiger partial charge on any atom is -0.490 e. The Bertz CT molecular complexity index is 288. The summed E-state index contributed by atoms with van der Waals surface area (Å²) < 4.78 is 7.92. The van der Waals surface area contributed by atoms with Crippen LogP contribution in [0.25, 0.3) is 0 Å². The number of ether oxygens (including phenoxy) is 1. The number of hydrogen-bond acceptors (Lipinski definition) is 1. The van der Waals surface area contributed by atoms with E-state index < -0.39 is 0 Å². The van der Waals surface area contributed by atoms with Crippen molar-refractivity contribution in [3.63, 3.8) is 0 Å². The standard InChI is InChI=1S/C12H18NO.C3H8/c1-13-9-7-12(8-10-13)14-11-5-3-2-4-6-11;1-3-2/h7-11H,2-6H2,1H3;3H2,1-2H3/q+1;.